The molecule has 198 valence electrons. The summed E-state index contributed by atoms with van der Waals surface area (Å²) < 4.78 is 14.3. The van der Waals surface area contributed by atoms with Crippen molar-refractivity contribution in [1.82, 2.24) is 9.78 Å². The Balaban J connectivity index is 1.31. The molecule has 0 saturated heterocycles. The lowest BCUT2D eigenvalue weighted by Crippen LogP contribution is -2.25. The molecule has 6 rings (SSSR count). The molecular weight excluding hydrogens is 496 g/mol. The van der Waals surface area contributed by atoms with Crippen LogP contribution in [0.15, 0.2) is 115 Å². The van der Waals surface area contributed by atoms with Crippen molar-refractivity contribution in [2.24, 2.45) is 0 Å². The number of nitrogens with zero attached hydrogens (tertiary/aromatic N) is 2. The van der Waals surface area contributed by atoms with E-state index in [1.807, 2.05) is 128 Å². The molecule has 0 unspecified atom stereocenters. The Morgan fingerprint density at radius 1 is 0.925 bits per heavy atom. The van der Waals surface area contributed by atoms with Crippen LogP contribution >= 0.6 is 0 Å². The lowest BCUT2D eigenvalue weighted by atomic mass is 9.98. The number of benzene rings is 4. The van der Waals surface area contributed by atoms with Crippen LogP contribution in [0.3, 0.4) is 0 Å². The number of carbonyl (C=O) groups excluding carboxylic acids is 1. The van der Waals surface area contributed by atoms with E-state index in [1.165, 1.54) is 0 Å². The third-order valence-corrected chi connectivity index (χ3v) is 6.93. The average molecular weight is 527 g/mol. The minimum atomic E-state index is -0.426. The number of hydrogen-bond acceptors (Lipinski definition) is 4. The zero-order valence-corrected chi connectivity index (χ0v) is 22.6. The molecule has 5 heteroatoms. The molecule has 1 aliphatic heterocycles. The van der Waals surface area contributed by atoms with E-state index in [-0.39, 0.29) is 5.78 Å². The fourth-order valence-electron chi connectivity index (χ4n) is 4.99. The lowest BCUT2D eigenvalue weighted by molar-refractivity contribution is 0.103. The van der Waals surface area contributed by atoms with Crippen molar-refractivity contribution in [3.63, 3.8) is 0 Å². The minimum Gasteiger partial charge on any atom is -0.488 e. The van der Waals surface area contributed by atoms with E-state index in [1.54, 1.807) is 12.1 Å². The maximum absolute atomic E-state index is 13.6. The van der Waals surface area contributed by atoms with E-state index in [9.17, 15) is 4.79 Å². The summed E-state index contributed by atoms with van der Waals surface area (Å²) in [4.78, 5) is 13.6. The summed E-state index contributed by atoms with van der Waals surface area (Å²) in [5, 5.41) is 4.85. The van der Waals surface area contributed by atoms with Crippen LogP contribution in [0.2, 0.25) is 0 Å². The van der Waals surface area contributed by atoms with Gasteiger partial charge in [0, 0.05) is 29.3 Å². The molecule has 0 radical (unpaired) electrons. The summed E-state index contributed by atoms with van der Waals surface area (Å²) in [5.74, 6) is 1.23. The molecule has 0 spiro atoms. The predicted molar refractivity (Wildman–Crippen MR) is 158 cm³/mol. The smallest absolute Gasteiger partial charge is 0.189 e. The predicted octanol–water partition coefficient (Wildman–Crippen LogP) is 7.73. The van der Waals surface area contributed by atoms with Crippen LogP contribution in [-0.4, -0.2) is 21.2 Å². The third kappa shape index (κ3) is 5.32. The Morgan fingerprint density at radius 3 is 2.33 bits per heavy atom. The molecule has 5 aromatic rings. The van der Waals surface area contributed by atoms with Crippen molar-refractivity contribution in [3.05, 3.63) is 138 Å². The monoisotopic (exact) mass is 526 g/mol. The maximum Gasteiger partial charge on any atom is 0.189 e. The molecule has 1 aliphatic rings. The topological polar surface area (TPSA) is 53.4 Å². The first kappa shape index (κ1) is 25.4. The van der Waals surface area contributed by atoms with Gasteiger partial charge in [0.05, 0.1) is 16.9 Å². The number of ether oxygens (including phenoxy) is 2. The number of aromatic nitrogens is 2. The van der Waals surface area contributed by atoms with E-state index in [2.05, 4.69) is 0 Å². The first-order chi connectivity index (χ1) is 19.5. The first-order valence-electron chi connectivity index (χ1n) is 13.4. The van der Waals surface area contributed by atoms with E-state index >= 15 is 0 Å². The van der Waals surface area contributed by atoms with Gasteiger partial charge in [-0.2, -0.15) is 5.10 Å². The van der Waals surface area contributed by atoms with Gasteiger partial charge >= 0.3 is 0 Å². The second kappa shape index (κ2) is 10.7. The summed E-state index contributed by atoms with van der Waals surface area (Å²) in [6.07, 6.45) is 6.06. The number of fused-ring (bicyclic) bond motifs is 1. The molecule has 40 heavy (non-hydrogen) atoms. The van der Waals surface area contributed by atoms with Crippen molar-refractivity contribution in [3.8, 4) is 28.4 Å². The highest BCUT2D eigenvalue weighted by Gasteiger charge is 2.35. The highest BCUT2D eigenvalue weighted by molar-refractivity contribution is 6.09. The van der Waals surface area contributed by atoms with Crippen LogP contribution in [-0.2, 0) is 13.0 Å². The Bertz CT molecular complexity index is 1670. The number of allylic oxidation sites excluding steroid dienone is 1. The fourth-order valence-corrected chi connectivity index (χ4v) is 4.99. The third-order valence-electron chi connectivity index (χ3n) is 6.93. The van der Waals surface area contributed by atoms with Gasteiger partial charge in [-0.25, -0.2) is 4.68 Å². The average Bonchev–Trinajstić information content (AvgIpc) is 3.56. The molecule has 1 aromatic heterocycles. The van der Waals surface area contributed by atoms with Crippen LogP contribution in [0.4, 0.5) is 0 Å². The summed E-state index contributed by atoms with van der Waals surface area (Å²) in [5.41, 5.74) is 5.71. The molecule has 0 N–H and O–H groups in total. The summed E-state index contributed by atoms with van der Waals surface area (Å²) >= 11 is 0. The molecule has 0 bridgehead atoms. The highest BCUT2D eigenvalue weighted by Crippen LogP contribution is 2.43. The SMILES string of the molecule is CC1(C)Cc2c(OCc3ccccc3)ccc(C(=O)/C=C/c3cn(-c4ccccc4)nc3-c3ccccc3)c2O1. The summed E-state index contributed by atoms with van der Waals surface area (Å²) in [6, 6.07) is 33.7. The Labute approximate surface area is 234 Å². The molecule has 0 fully saturated rings. The van der Waals surface area contributed by atoms with Crippen molar-refractivity contribution < 1.29 is 14.3 Å². The Hall–Kier alpha value is -4.90. The van der Waals surface area contributed by atoms with Gasteiger partial charge in [0.2, 0.25) is 0 Å². The zero-order valence-electron chi connectivity index (χ0n) is 22.6. The van der Waals surface area contributed by atoms with Crippen molar-refractivity contribution in [1.29, 1.82) is 0 Å². The van der Waals surface area contributed by atoms with Crippen molar-refractivity contribution in [2.45, 2.75) is 32.5 Å². The molecule has 5 nitrogen and oxygen atoms in total. The molecular formula is C35H30N2O3. The number of hydrogen-bond donors (Lipinski definition) is 0. The normalized spacial score (nSPS) is 13.7. The first-order valence-corrected chi connectivity index (χ1v) is 13.4. The summed E-state index contributed by atoms with van der Waals surface area (Å²) in [6.45, 7) is 4.51. The van der Waals surface area contributed by atoms with Gasteiger partial charge in [-0.3, -0.25) is 4.79 Å². The van der Waals surface area contributed by atoms with Crippen molar-refractivity contribution >= 4 is 11.9 Å². The van der Waals surface area contributed by atoms with Gasteiger partial charge in [-0.05, 0) is 55.8 Å². The fraction of sp³-hybridized carbons (Fsp3) is 0.143. The van der Waals surface area contributed by atoms with Crippen LogP contribution < -0.4 is 9.47 Å². The van der Waals surface area contributed by atoms with Gasteiger partial charge in [-0.15, -0.1) is 0 Å². The van der Waals surface area contributed by atoms with E-state index < -0.39 is 5.60 Å². The molecule has 0 aliphatic carbocycles. The quantitative estimate of drug-likeness (QED) is 0.153. The van der Waals surface area contributed by atoms with Gasteiger partial charge in [-0.1, -0.05) is 78.9 Å². The standard InChI is InChI=1S/C35H30N2O3/c1-35(2)22-30-32(39-24-25-12-6-3-7-13-25)21-19-29(34(30)40-35)31(38)20-18-27-23-37(28-16-10-5-11-17-28)36-33(27)26-14-8-4-9-15-26/h3-21,23H,22,24H2,1-2H3/b20-18+. The summed E-state index contributed by atoms with van der Waals surface area (Å²) in [7, 11) is 0. The number of ketones is 1. The number of rotatable bonds is 8. The Morgan fingerprint density at radius 2 is 1.60 bits per heavy atom. The molecule has 2 heterocycles. The Kier molecular flexibility index (Phi) is 6.79. The zero-order chi connectivity index (χ0) is 27.5. The molecule has 0 atom stereocenters. The largest absolute Gasteiger partial charge is 0.488 e. The van der Waals surface area contributed by atoms with Crippen LogP contribution in [0.1, 0.15) is 40.9 Å². The van der Waals surface area contributed by atoms with Gasteiger partial charge in [0.1, 0.15) is 23.7 Å². The van der Waals surface area contributed by atoms with Gasteiger partial charge < -0.3 is 9.47 Å². The van der Waals surface area contributed by atoms with E-state index in [0.29, 0.717) is 24.3 Å². The van der Waals surface area contributed by atoms with Crippen LogP contribution in [0.5, 0.6) is 11.5 Å². The van der Waals surface area contributed by atoms with Gasteiger partial charge in [0.15, 0.2) is 5.78 Å². The second-order valence-corrected chi connectivity index (χ2v) is 10.5. The number of carbonyl (C=O) groups is 1. The highest BCUT2D eigenvalue weighted by atomic mass is 16.5. The minimum absolute atomic E-state index is 0.130. The van der Waals surface area contributed by atoms with Crippen LogP contribution in [0, 0.1) is 0 Å². The van der Waals surface area contributed by atoms with E-state index in [4.69, 9.17) is 14.6 Å². The molecule has 0 saturated carbocycles. The van der Waals surface area contributed by atoms with Crippen molar-refractivity contribution in [2.75, 3.05) is 0 Å². The lowest BCUT2D eigenvalue weighted by Gasteiger charge is -2.17. The number of para-hydroxylation sites is 1. The second-order valence-electron chi connectivity index (χ2n) is 10.5. The maximum atomic E-state index is 13.6. The van der Waals surface area contributed by atoms with E-state index in [0.717, 1.165) is 39.4 Å². The molecule has 0 amide bonds. The molecule has 4 aromatic carbocycles. The van der Waals surface area contributed by atoms with Gasteiger partial charge in [0.25, 0.3) is 0 Å². The van der Waals surface area contributed by atoms with Crippen LogP contribution in [0.25, 0.3) is 23.0 Å².